The van der Waals surface area contributed by atoms with Gasteiger partial charge in [-0.3, -0.25) is 0 Å². The summed E-state index contributed by atoms with van der Waals surface area (Å²) in [6.07, 6.45) is 4.08. The van der Waals surface area contributed by atoms with Gasteiger partial charge in [-0.1, -0.05) is 18.6 Å². The van der Waals surface area contributed by atoms with E-state index >= 15 is 0 Å². The SMILES string of the molecule is [CH2-]CCCOCc1ccc(SC)cc1.[Li+]. The molecule has 0 bridgehead atoms. The van der Waals surface area contributed by atoms with Gasteiger partial charge in [0.15, 0.2) is 0 Å². The molecule has 1 aromatic carbocycles. The van der Waals surface area contributed by atoms with E-state index in [1.807, 2.05) is 0 Å². The van der Waals surface area contributed by atoms with Crippen LogP contribution in [-0.4, -0.2) is 12.9 Å². The summed E-state index contributed by atoms with van der Waals surface area (Å²) < 4.78 is 5.49. The summed E-state index contributed by atoms with van der Waals surface area (Å²) in [4.78, 5) is 1.30. The minimum atomic E-state index is 0. The molecule has 0 radical (unpaired) electrons. The number of unbranched alkanes of at least 4 members (excludes halogenated alkanes) is 1. The maximum atomic E-state index is 5.49. The van der Waals surface area contributed by atoms with Gasteiger partial charge in [0.25, 0.3) is 0 Å². The Morgan fingerprint density at radius 1 is 1.27 bits per heavy atom. The van der Waals surface area contributed by atoms with Gasteiger partial charge < -0.3 is 11.7 Å². The van der Waals surface area contributed by atoms with E-state index in [9.17, 15) is 0 Å². The molecule has 0 N–H and O–H groups in total. The van der Waals surface area contributed by atoms with E-state index in [1.54, 1.807) is 11.8 Å². The predicted octanol–water partition coefficient (Wildman–Crippen LogP) is 0.543. The van der Waals surface area contributed by atoms with Gasteiger partial charge in [-0.05, 0) is 24.0 Å². The van der Waals surface area contributed by atoms with Crippen molar-refractivity contribution in [2.24, 2.45) is 0 Å². The van der Waals surface area contributed by atoms with Gasteiger partial charge in [-0.25, -0.2) is 0 Å². The van der Waals surface area contributed by atoms with Crippen LogP contribution in [0.15, 0.2) is 29.2 Å². The summed E-state index contributed by atoms with van der Waals surface area (Å²) in [6, 6.07) is 8.50. The van der Waals surface area contributed by atoms with Crippen LogP contribution in [0.3, 0.4) is 0 Å². The van der Waals surface area contributed by atoms with Crippen molar-refractivity contribution in [1.82, 2.24) is 0 Å². The third-order valence-corrected chi connectivity index (χ3v) is 2.71. The van der Waals surface area contributed by atoms with Gasteiger partial charge in [0.2, 0.25) is 0 Å². The Bertz CT molecular complexity index is 248. The summed E-state index contributed by atoms with van der Waals surface area (Å²) in [6.45, 7) is 5.30. The Labute approximate surface area is 109 Å². The second-order valence-corrected chi connectivity index (χ2v) is 3.99. The van der Waals surface area contributed by atoms with E-state index in [4.69, 9.17) is 4.74 Å². The minimum Gasteiger partial charge on any atom is -0.377 e. The molecule has 78 valence electrons. The molecule has 0 fully saturated rings. The van der Waals surface area contributed by atoms with Crippen molar-refractivity contribution in [2.45, 2.75) is 24.3 Å². The van der Waals surface area contributed by atoms with E-state index in [-0.39, 0.29) is 18.9 Å². The first-order valence-electron chi connectivity index (χ1n) is 4.86. The number of hydrogen-bond acceptors (Lipinski definition) is 2. The quantitative estimate of drug-likeness (QED) is 0.297. The molecule has 0 saturated heterocycles. The second-order valence-electron chi connectivity index (χ2n) is 3.11. The fraction of sp³-hybridized carbons (Fsp3) is 0.417. The van der Waals surface area contributed by atoms with Crippen molar-refractivity contribution >= 4 is 11.8 Å². The molecular weight excluding hydrogens is 199 g/mol. The summed E-state index contributed by atoms with van der Waals surface area (Å²) in [5, 5.41) is 0. The van der Waals surface area contributed by atoms with Gasteiger partial charge in [-0.2, -0.15) is 6.42 Å². The largest absolute Gasteiger partial charge is 1.00 e. The molecule has 0 aromatic heterocycles. The Balaban J connectivity index is 0.00000196. The third kappa shape index (κ3) is 6.32. The van der Waals surface area contributed by atoms with E-state index in [2.05, 4.69) is 37.4 Å². The first-order valence-corrected chi connectivity index (χ1v) is 6.09. The monoisotopic (exact) mass is 216 g/mol. The molecule has 1 aromatic rings. The molecule has 0 unspecified atom stereocenters. The van der Waals surface area contributed by atoms with Crippen LogP contribution in [0.5, 0.6) is 0 Å². The number of ether oxygens (including phenoxy) is 1. The second kappa shape index (κ2) is 9.36. The summed E-state index contributed by atoms with van der Waals surface area (Å²) in [5.74, 6) is 0. The first-order chi connectivity index (χ1) is 6.86. The van der Waals surface area contributed by atoms with Crippen LogP contribution in [0.1, 0.15) is 18.4 Å². The van der Waals surface area contributed by atoms with Gasteiger partial charge in [-0.15, -0.1) is 11.8 Å². The zero-order valence-corrected chi connectivity index (χ0v) is 10.5. The van der Waals surface area contributed by atoms with Gasteiger partial charge in [0.05, 0.1) is 6.61 Å². The van der Waals surface area contributed by atoms with Crippen LogP contribution < -0.4 is 18.9 Å². The van der Waals surface area contributed by atoms with Crippen molar-refractivity contribution in [3.8, 4) is 0 Å². The third-order valence-electron chi connectivity index (χ3n) is 1.97. The fourth-order valence-corrected chi connectivity index (χ4v) is 1.52. The molecule has 0 atom stereocenters. The molecule has 1 rings (SSSR count). The standard InChI is InChI=1S/C12H17OS.Li/c1-3-4-9-13-10-11-5-7-12(14-2)8-6-11;/h5-8H,1,3-4,9-10H2,2H3;/q-1;+1. The normalized spacial score (nSPS) is 9.73. The molecule has 0 aliphatic carbocycles. The van der Waals surface area contributed by atoms with E-state index in [0.717, 1.165) is 19.4 Å². The van der Waals surface area contributed by atoms with Crippen LogP contribution in [0.2, 0.25) is 0 Å². The molecule has 0 amide bonds. The number of hydrogen-bond donors (Lipinski definition) is 0. The summed E-state index contributed by atoms with van der Waals surface area (Å²) in [7, 11) is 0. The zero-order valence-electron chi connectivity index (χ0n) is 9.66. The van der Waals surface area contributed by atoms with Crippen molar-refractivity contribution in [3.05, 3.63) is 36.8 Å². The van der Waals surface area contributed by atoms with Crippen molar-refractivity contribution in [3.63, 3.8) is 0 Å². The first kappa shape index (κ1) is 15.1. The average Bonchev–Trinajstić information content (AvgIpc) is 2.25. The van der Waals surface area contributed by atoms with Crippen molar-refractivity contribution in [2.75, 3.05) is 12.9 Å². The zero-order chi connectivity index (χ0) is 10.2. The van der Waals surface area contributed by atoms with Crippen LogP contribution >= 0.6 is 11.8 Å². The molecule has 0 aliphatic heterocycles. The maximum absolute atomic E-state index is 5.49. The summed E-state index contributed by atoms with van der Waals surface area (Å²) >= 11 is 1.76. The number of rotatable bonds is 6. The van der Waals surface area contributed by atoms with Crippen LogP contribution in [0, 0.1) is 6.92 Å². The smallest absolute Gasteiger partial charge is 0.377 e. The van der Waals surface area contributed by atoms with Crippen molar-refractivity contribution in [1.29, 1.82) is 0 Å². The van der Waals surface area contributed by atoms with Crippen LogP contribution in [-0.2, 0) is 11.3 Å². The molecule has 0 aliphatic rings. The Morgan fingerprint density at radius 3 is 2.47 bits per heavy atom. The molecule has 0 saturated carbocycles. The number of benzene rings is 1. The minimum absolute atomic E-state index is 0. The van der Waals surface area contributed by atoms with Crippen LogP contribution in [0.4, 0.5) is 0 Å². The molecular formula is C12H17LiOS. The van der Waals surface area contributed by atoms with Crippen LogP contribution in [0.25, 0.3) is 0 Å². The van der Waals surface area contributed by atoms with Gasteiger partial charge >= 0.3 is 18.9 Å². The fourth-order valence-electron chi connectivity index (χ4n) is 1.12. The van der Waals surface area contributed by atoms with Crippen molar-refractivity contribution < 1.29 is 23.6 Å². The summed E-state index contributed by atoms with van der Waals surface area (Å²) in [5.41, 5.74) is 1.24. The topological polar surface area (TPSA) is 9.23 Å². The van der Waals surface area contributed by atoms with E-state index < -0.39 is 0 Å². The molecule has 0 heterocycles. The molecule has 1 nitrogen and oxygen atoms in total. The Hall–Kier alpha value is 0.127. The molecule has 0 spiro atoms. The molecule has 3 heteroatoms. The number of thioether (sulfide) groups is 1. The predicted molar refractivity (Wildman–Crippen MR) is 62.5 cm³/mol. The van der Waals surface area contributed by atoms with Gasteiger partial charge in [0.1, 0.15) is 0 Å². The molecule has 15 heavy (non-hydrogen) atoms. The maximum Gasteiger partial charge on any atom is 1.00 e. The van der Waals surface area contributed by atoms with Gasteiger partial charge in [0, 0.05) is 11.5 Å². The average molecular weight is 216 g/mol. The Kier molecular flexibility index (Phi) is 9.44. The van der Waals surface area contributed by atoms with E-state index in [0.29, 0.717) is 6.61 Å². The Morgan fingerprint density at radius 2 is 1.93 bits per heavy atom. The van der Waals surface area contributed by atoms with E-state index in [1.165, 1.54) is 10.5 Å².